The monoisotopic (exact) mass is 285 g/mol. The molecule has 1 atom stereocenters. The molecule has 1 aliphatic rings. The molecule has 1 saturated heterocycles. The summed E-state index contributed by atoms with van der Waals surface area (Å²) in [5.74, 6) is 0.813. The van der Waals surface area contributed by atoms with Crippen molar-refractivity contribution < 1.29 is 14.3 Å². The van der Waals surface area contributed by atoms with Crippen molar-refractivity contribution in [2.75, 3.05) is 24.6 Å². The summed E-state index contributed by atoms with van der Waals surface area (Å²) in [5.41, 5.74) is 0. The van der Waals surface area contributed by atoms with Crippen molar-refractivity contribution in [3.63, 3.8) is 0 Å². The summed E-state index contributed by atoms with van der Waals surface area (Å²) in [6, 6.07) is 0. The molecule has 106 valence electrons. The number of rotatable bonds is 5. The maximum Gasteiger partial charge on any atom is 0.347 e. The summed E-state index contributed by atoms with van der Waals surface area (Å²) in [6.07, 6.45) is 2.91. The van der Waals surface area contributed by atoms with Gasteiger partial charge in [-0.15, -0.1) is 4.37 Å². The lowest BCUT2D eigenvalue weighted by Crippen LogP contribution is -2.31. The van der Waals surface area contributed by atoms with E-state index in [4.69, 9.17) is 9.47 Å². The number of nitrogens with zero attached hydrogens (tertiary/aromatic N) is 3. The lowest BCUT2D eigenvalue weighted by molar-refractivity contribution is -0.150. The van der Waals surface area contributed by atoms with Crippen LogP contribution in [-0.2, 0) is 9.53 Å². The predicted molar refractivity (Wildman–Crippen MR) is 72.7 cm³/mol. The van der Waals surface area contributed by atoms with Crippen molar-refractivity contribution in [2.45, 2.75) is 39.2 Å². The van der Waals surface area contributed by atoms with Crippen LogP contribution in [-0.4, -0.2) is 40.5 Å². The summed E-state index contributed by atoms with van der Waals surface area (Å²) in [7, 11) is 0. The van der Waals surface area contributed by atoms with Gasteiger partial charge >= 0.3 is 5.97 Å². The Balaban J connectivity index is 2.00. The van der Waals surface area contributed by atoms with Crippen molar-refractivity contribution in [1.82, 2.24) is 8.75 Å². The third kappa shape index (κ3) is 3.56. The molecule has 1 aromatic heterocycles. The van der Waals surface area contributed by atoms with Crippen LogP contribution in [0.3, 0.4) is 0 Å². The first-order chi connectivity index (χ1) is 9.22. The van der Waals surface area contributed by atoms with Crippen molar-refractivity contribution in [2.24, 2.45) is 0 Å². The Morgan fingerprint density at radius 2 is 2.11 bits per heavy atom. The van der Waals surface area contributed by atoms with Crippen LogP contribution in [0.5, 0.6) is 5.88 Å². The van der Waals surface area contributed by atoms with E-state index in [9.17, 15) is 4.79 Å². The number of carbonyl (C=O) groups excluding carboxylic acids is 1. The standard InChI is InChI=1S/C12H19N3O3S/c1-3-17-12(16)9(2)18-11-10(13-19-14-11)15-7-5-4-6-8-15/h9H,3-8H2,1-2H3. The van der Waals surface area contributed by atoms with E-state index >= 15 is 0 Å². The van der Waals surface area contributed by atoms with Gasteiger partial charge in [-0.3, -0.25) is 0 Å². The molecule has 1 unspecified atom stereocenters. The number of esters is 1. The smallest absolute Gasteiger partial charge is 0.347 e. The van der Waals surface area contributed by atoms with E-state index in [0.29, 0.717) is 12.5 Å². The molecule has 19 heavy (non-hydrogen) atoms. The van der Waals surface area contributed by atoms with Gasteiger partial charge in [0, 0.05) is 13.1 Å². The van der Waals surface area contributed by atoms with E-state index < -0.39 is 6.10 Å². The first kappa shape index (κ1) is 14.0. The normalized spacial score (nSPS) is 17.1. The van der Waals surface area contributed by atoms with Gasteiger partial charge in [0.1, 0.15) is 0 Å². The van der Waals surface area contributed by atoms with Crippen LogP contribution >= 0.6 is 11.7 Å². The minimum absolute atomic E-state index is 0.348. The summed E-state index contributed by atoms with van der Waals surface area (Å²) in [6.45, 7) is 5.72. The average Bonchev–Trinajstić information content (AvgIpc) is 2.88. The second kappa shape index (κ2) is 6.70. The maximum absolute atomic E-state index is 11.6. The number of aromatic nitrogens is 2. The second-order valence-electron chi connectivity index (χ2n) is 4.45. The molecule has 0 bridgehead atoms. The number of carbonyl (C=O) groups is 1. The van der Waals surface area contributed by atoms with Gasteiger partial charge in [-0.2, -0.15) is 4.37 Å². The molecule has 2 heterocycles. The molecule has 0 aromatic carbocycles. The van der Waals surface area contributed by atoms with E-state index in [-0.39, 0.29) is 5.97 Å². The van der Waals surface area contributed by atoms with E-state index in [2.05, 4.69) is 13.6 Å². The second-order valence-corrected chi connectivity index (χ2v) is 4.98. The van der Waals surface area contributed by atoms with Crippen molar-refractivity contribution >= 4 is 23.5 Å². The molecule has 0 aliphatic carbocycles. The molecule has 2 rings (SSSR count). The van der Waals surface area contributed by atoms with Crippen molar-refractivity contribution in [3.8, 4) is 5.88 Å². The molecule has 0 spiro atoms. The first-order valence-electron chi connectivity index (χ1n) is 6.63. The van der Waals surface area contributed by atoms with Gasteiger partial charge in [0.15, 0.2) is 6.10 Å². The van der Waals surface area contributed by atoms with Gasteiger partial charge in [-0.25, -0.2) is 4.79 Å². The Bertz CT molecular complexity index is 418. The predicted octanol–water partition coefficient (Wildman–Crippen LogP) is 1.86. The average molecular weight is 285 g/mol. The first-order valence-corrected chi connectivity index (χ1v) is 7.36. The zero-order chi connectivity index (χ0) is 13.7. The number of piperidine rings is 1. The van der Waals surface area contributed by atoms with Crippen LogP contribution in [0.25, 0.3) is 0 Å². The van der Waals surface area contributed by atoms with Gasteiger partial charge in [0.2, 0.25) is 5.82 Å². The summed E-state index contributed by atoms with van der Waals surface area (Å²) >= 11 is 1.11. The van der Waals surface area contributed by atoms with E-state index in [1.54, 1.807) is 13.8 Å². The Morgan fingerprint density at radius 3 is 2.79 bits per heavy atom. The van der Waals surface area contributed by atoms with E-state index in [1.165, 1.54) is 6.42 Å². The van der Waals surface area contributed by atoms with Crippen LogP contribution in [0, 0.1) is 0 Å². The molecule has 1 fully saturated rings. The zero-order valence-corrected chi connectivity index (χ0v) is 12.1. The van der Waals surface area contributed by atoms with Crippen LogP contribution in [0.1, 0.15) is 33.1 Å². The van der Waals surface area contributed by atoms with Crippen LogP contribution in [0.15, 0.2) is 0 Å². The van der Waals surface area contributed by atoms with Gasteiger partial charge < -0.3 is 14.4 Å². The van der Waals surface area contributed by atoms with Gasteiger partial charge in [0.25, 0.3) is 5.88 Å². The number of anilines is 1. The molecular formula is C12H19N3O3S. The minimum atomic E-state index is -0.660. The van der Waals surface area contributed by atoms with Crippen molar-refractivity contribution in [1.29, 1.82) is 0 Å². The third-order valence-corrected chi connectivity index (χ3v) is 3.51. The number of hydrogen-bond acceptors (Lipinski definition) is 7. The Morgan fingerprint density at radius 1 is 1.37 bits per heavy atom. The fraction of sp³-hybridized carbons (Fsp3) is 0.750. The summed E-state index contributed by atoms with van der Waals surface area (Å²) in [4.78, 5) is 13.7. The Hall–Kier alpha value is -1.37. The molecule has 7 heteroatoms. The molecule has 1 aliphatic heterocycles. The fourth-order valence-electron chi connectivity index (χ4n) is 2.02. The third-order valence-electron chi connectivity index (χ3n) is 3.00. The highest BCUT2D eigenvalue weighted by Gasteiger charge is 2.23. The highest BCUT2D eigenvalue weighted by atomic mass is 32.1. The maximum atomic E-state index is 11.6. The fourth-order valence-corrected chi connectivity index (χ4v) is 2.53. The SMILES string of the molecule is CCOC(=O)C(C)Oc1nsnc1N1CCCCC1. The minimum Gasteiger partial charge on any atom is -0.463 e. The van der Waals surface area contributed by atoms with Crippen molar-refractivity contribution in [3.05, 3.63) is 0 Å². The summed E-state index contributed by atoms with van der Waals surface area (Å²) in [5, 5.41) is 0. The quantitative estimate of drug-likeness (QED) is 0.769. The van der Waals surface area contributed by atoms with E-state index in [0.717, 1.165) is 43.5 Å². The van der Waals surface area contributed by atoms with Gasteiger partial charge in [0.05, 0.1) is 18.3 Å². The van der Waals surface area contributed by atoms with Gasteiger partial charge in [-0.1, -0.05) is 0 Å². The molecule has 0 saturated carbocycles. The highest BCUT2D eigenvalue weighted by molar-refractivity contribution is 6.99. The zero-order valence-electron chi connectivity index (χ0n) is 11.3. The molecule has 0 N–H and O–H groups in total. The Kier molecular flexibility index (Phi) is 4.95. The van der Waals surface area contributed by atoms with Gasteiger partial charge in [-0.05, 0) is 33.1 Å². The Labute approximate surface area is 117 Å². The van der Waals surface area contributed by atoms with E-state index in [1.807, 2.05) is 0 Å². The molecule has 1 aromatic rings. The van der Waals surface area contributed by atoms with Crippen LogP contribution in [0.4, 0.5) is 5.82 Å². The number of hydrogen-bond donors (Lipinski definition) is 0. The van der Waals surface area contributed by atoms with Crippen LogP contribution in [0.2, 0.25) is 0 Å². The lowest BCUT2D eigenvalue weighted by Gasteiger charge is -2.27. The lowest BCUT2D eigenvalue weighted by atomic mass is 10.1. The topological polar surface area (TPSA) is 64.5 Å². The molecule has 6 nitrogen and oxygen atoms in total. The highest BCUT2D eigenvalue weighted by Crippen LogP contribution is 2.28. The molecular weight excluding hydrogens is 266 g/mol. The largest absolute Gasteiger partial charge is 0.463 e. The molecule has 0 radical (unpaired) electrons. The molecule has 0 amide bonds. The summed E-state index contributed by atoms with van der Waals surface area (Å²) < 4.78 is 18.9. The number of ether oxygens (including phenoxy) is 2. The van der Waals surface area contributed by atoms with Crippen LogP contribution < -0.4 is 9.64 Å².